The number of carbonyl (C=O) groups excluding carboxylic acids is 1. The summed E-state index contributed by atoms with van der Waals surface area (Å²) in [6.07, 6.45) is 4.87. The van der Waals surface area contributed by atoms with Crippen LogP contribution in [-0.2, 0) is 19.4 Å². The molecule has 1 fully saturated rings. The summed E-state index contributed by atoms with van der Waals surface area (Å²) < 4.78 is 3.42. The van der Waals surface area contributed by atoms with Crippen LogP contribution in [0.25, 0.3) is 5.65 Å². The predicted octanol–water partition coefficient (Wildman–Crippen LogP) is 1.46. The Morgan fingerprint density at radius 3 is 2.96 bits per heavy atom. The van der Waals surface area contributed by atoms with Gasteiger partial charge < -0.3 is 4.90 Å². The van der Waals surface area contributed by atoms with E-state index in [4.69, 9.17) is 0 Å². The van der Waals surface area contributed by atoms with Crippen molar-refractivity contribution in [2.75, 3.05) is 13.1 Å². The third-order valence-corrected chi connectivity index (χ3v) is 5.61. The number of fused-ring (bicyclic) bond motifs is 2. The van der Waals surface area contributed by atoms with Gasteiger partial charge in [-0.2, -0.15) is 5.10 Å². The zero-order valence-electron chi connectivity index (χ0n) is 15.3. The molecule has 0 aromatic carbocycles. The fourth-order valence-corrected chi connectivity index (χ4v) is 4.19. The predicted molar refractivity (Wildman–Crippen MR) is 99.8 cm³/mol. The van der Waals surface area contributed by atoms with E-state index in [0.29, 0.717) is 25.3 Å². The molecule has 1 aliphatic heterocycles. The lowest BCUT2D eigenvalue weighted by molar-refractivity contribution is 0.0450. The Morgan fingerprint density at radius 2 is 2.11 bits per heavy atom. The largest absolute Gasteiger partial charge is 0.336 e. The summed E-state index contributed by atoms with van der Waals surface area (Å²) in [7, 11) is 0. The average molecular weight is 363 g/mol. The summed E-state index contributed by atoms with van der Waals surface area (Å²) >= 11 is 0. The fraction of sp³-hybridized carbons (Fsp3) is 0.400. The van der Waals surface area contributed by atoms with E-state index in [1.165, 1.54) is 0 Å². The number of aromatic nitrogens is 4. The third-order valence-electron chi connectivity index (χ3n) is 5.61. The Balaban J connectivity index is 1.30. The summed E-state index contributed by atoms with van der Waals surface area (Å²) in [5, 5.41) is 4.54. The monoisotopic (exact) mass is 363 g/mol. The highest BCUT2D eigenvalue weighted by atomic mass is 16.2. The summed E-state index contributed by atoms with van der Waals surface area (Å²) in [5.74, 6) is 0.259. The molecule has 1 amide bonds. The normalized spacial score (nSPS) is 16.6. The maximum atomic E-state index is 12.9. The lowest BCUT2D eigenvalue weighted by Gasteiger charge is -2.39. The van der Waals surface area contributed by atoms with E-state index in [1.54, 1.807) is 10.7 Å². The number of imidazole rings is 1. The summed E-state index contributed by atoms with van der Waals surface area (Å²) in [6.45, 7) is 3.72. The number of hydrogen-bond acceptors (Lipinski definition) is 4. The average Bonchev–Trinajstić information content (AvgIpc) is 3.19. The Kier molecular flexibility index (Phi) is 3.63. The van der Waals surface area contributed by atoms with Gasteiger partial charge in [0.25, 0.3) is 11.5 Å². The van der Waals surface area contributed by atoms with Crippen molar-refractivity contribution in [3.05, 3.63) is 63.5 Å². The molecule has 4 heterocycles. The molecule has 0 N–H and O–H groups in total. The van der Waals surface area contributed by atoms with Gasteiger partial charge in [-0.25, -0.2) is 9.67 Å². The highest BCUT2D eigenvalue weighted by Crippen LogP contribution is 2.23. The molecule has 0 radical (unpaired) electrons. The van der Waals surface area contributed by atoms with Crippen LogP contribution in [0.15, 0.2) is 35.3 Å². The molecule has 1 aliphatic carbocycles. The van der Waals surface area contributed by atoms with Gasteiger partial charge in [0.1, 0.15) is 11.3 Å². The van der Waals surface area contributed by atoms with Gasteiger partial charge >= 0.3 is 0 Å². The summed E-state index contributed by atoms with van der Waals surface area (Å²) in [4.78, 5) is 31.5. The molecule has 0 spiro atoms. The molecule has 138 valence electrons. The number of pyridine rings is 1. The lowest BCUT2D eigenvalue weighted by atomic mass is 9.99. The standard InChI is InChI=1S/C20H21N5O2/c1-13-19(24-8-3-2-7-17(24)21-13)20(27)23-10-14(11-23)12-25-18(26)9-15-5-4-6-16(15)22-25/h2-3,7-9,14H,4-6,10-12H2,1H3. The first kappa shape index (κ1) is 16.2. The second-order valence-electron chi connectivity index (χ2n) is 7.54. The quantitative estimate of drug-likeness (QED) is 0.706. The van der Waals surface area contributed by atoms with Gasteiger partial charge in [-0.3, -0.25) is 14.0 Å². The fourth-order valence-electron chi connectivity index (χ4n) is 4.19. The number of nitrogens with zero attached hydrogens (tertiary/aromatic N) is 5. The smallest absolute Gasteiger partial charge is 0.272 e. The number of carbonyl (C=O) groups is 1. The van der Waals surface area contributed by atoms with Gasteiger partial charge in [0.15, 0.2) is 0 Å². The van der Waals surface area contributed by atoms with Crippen molar-refractivity contribution in [2.24, 2.45) is 5.92 Å². The van der Waals surface area contributed by atoms with E-state index in [1.807, 2.05) is 40.6 Å². The number of amides is 1. The van der Waals surface area contributed by atoms with Gasteiger partial charge in [0, 0.05) is 31.3 Å². The molecule has 27 heavy (non-hydrogen) atoms. The van der Waals surface area contributed by atoms with Gasteiger partial charge in [0.2, 0.25) is 0 Å². The van der Waals surface area contributed by atoms with Crippen molar-refractivity contribution in [1.82, 2.24) is 24.1 Å². The molecule has 0 saturated carbocycles. The Bertz CT molecular complexity index is 1110. The second-order valence-corrected chi connectivity index (χ2v) is 7.54. The van der Waals surface area contributed by atoms with Crippen LogP contribution in [0.5, 0.6) is 0 Å². The van der Waals surface area contributed by atoms with Crippen molar-refractivity contribution in [2.45, 2.75) is 32.7 Å². The SMILES string of the molecule is Cc1nc2ccccn2c1C(=O)N1CC(Cn2nc3c(cc2=O)CCC3)C1. The molecule has 1 saturated heterocycles. The second kappa shape index (κ2) is 6.04. The van der Waals surface area contributed by atoms with Crippen LogP contribution < -0.4 is 5.56 Å². The minimum atomic E-state index is -0.0296. The first-order valence-electron chi connectivity index (χ1n) is 9.43. The molecular weight excluding hydrogens is 342 g/mol. The Hall–Kier alpha value is -2.96. The minimum absolute atomic E-state index is 0.00305. The molecule has 2 aliphatic rings. The highest BCUT2D eigenvalue weighted by molar-refractivity contribution is 5.95. The summed E-state index contributed by atoms with van der Waals surface area (Å²) in [5.41, 5.74) is 4.28. The molecule has 3 aromatic heterocycles. The third kappa shape index (κ3) is 2.65. The van der Waals surface area contributed by atoms with Gasteiger partial charge in [-0.15, -0.1) is 0 Å². The lowest BCUT2D eigenvalue weighted by Crippen LogP contribution is -2.52. The number of aryl methyl sites for hydroxylation is 3. The Labute approximate surface area is 156 Å². The van der Waals surface area contributed by atoms with Crippen LogP contribution in [0.2, 0.25) is 0 Å². The van der Waals surface area contributed by atoms with E-state index < -0.39 is 0 Å². The molecule has 0 atom stereocenters. The zero-order chi connectivity index (χ0) is 18.5. The van der Waals surface area contributed by atoms with E-state index >= 15 is 0 Å². The van der Waals surface area contributed by atoms with Crippen molar-refractivity contribution in [1.29, 1.82) is 0 Å². The van der Waals surface area contributed by atoms with Crippen molar-refractivity contribution >= 4 is 11.6 Å². The first-order valence-corrected chi connectivity index (χ1v) is 9.43. The zero-order valence-corrected chi connectivity index (χ0v) is 15.3. The van der Waals surface area contributed by atoms with Crippen LogP contribution in [0, 0.1) is 12.8 Å². The molecule has 7 nitrogen and oxygen atoms in total. The van der Waals surface area contributed by atoms with E-state index in [2.05, 4.69) is 10.1 Å². The van der Waals surface area contributed by atoms with Crippen LogP contribution in [0.3, 0.4) is 0 Å². The van der Waals surface area contributed by atoms with E-state index in [9.17, 15) is 9.59 Å². The summed E-state index contributed by atoms with van der Waals surface area (Å²) in [6, 6.07) is 7.44. The number of hydrogen-bond donors (Lipinski definition) is 0. The van der Waals surface area contributed by atoms with Crippen LogP contribution in [0.1, 0.15) is 33.9 Å². The Morgan fingerprint density at radius 1 is 1.26 bits per heavy atom. The number of rotatable bonds is 3. The highest BCUT2D eigenvalue weighted by Gasteiger charge is 2.34. The maximum absolute atomic E-state index is 12.9. The topological polar surface area (TPSA) is 72.5 Å². The first-order chi connectivity index (χ1) is 13.1. The minimum Gasteiger partial charge on any atom is -0.336 e. The van der Waals surface area contributed by atoms with Gasteiger partial charge in [0.05, 0.1) is 17.9 Å². The van der Waals surface area contributed by atoms with Crippen LogP contribution in [-0.4, -0.2) is 43.1 Å². The molecule has 7 heteroatoms. The van der Waals surface area contributed by atoms with Crippen molar-refractivity contribution < 1.29 is 4.79 Å². The number of likely N-dealkylation sites (tertiary alicyclic amines) is 1. The van der Waals surface area contributed by atoms with Crippen LogP contribution in [0.4, 0.5) is 0 Å². The molecular formula is C20H21N5O2. The van der Waals surface area contributed by atoms with Crippen LogP contribution >= 0.6 is 0 Å². The molecule has 5 rings (SSSR count). The van der Waals surface area contributed by atoms with Crippen molar-refractivity contribution in [3.8, 4) is 0 Å². The molecule has 0 unspecified atom stereocenters. The van der Waals surface area contributed by atoms with Gasteiger partial charge in [-0.05, 0) is 43.9 Å². The van der Waals surface area contributed by atoms with E-state index in [0.717, 1.165) is 41.9 Å². The van der Waals surface area contributed by atoms with Gasteiger partial charge in [-0.1, -0.05) is 6.07 Å². The van der Waals surface area contributed by atoms with E-state index in [-0.39, 0.29) is 17.4 Å². The van der Waals surface area contributed by atoms with Crippen molar-refractivity contribution in [3.63, 3.8) is 0 Å². The molecule has 3 aromatic rings. The maximum Gasteiger partial charge on any atom is 0.272 e. The molecule has 0 bridgehead atoms.